The molecule has 0 bridgehead atoms. The molecular weight excluding hydrogens is 452 g/mol. The van der Waals surface area contributed by atoms with E-state index in [4.69, 9.17) is 9.47 Å². The molecule has 1 amide bonds. The van der Waals surface area contributed by atoms with Crippen LogP contribution in [0.3, 0.4) is 0 Å². The van der Waals surface area contributed by atoms with Crippen LogP contribution >= 0.6 is 0 Å². The predicted octanol–water partition coefficient (Wildman–Crippen LogP) is 6.35. The number of hydrogen-bond donors (Lipinski definition) is 1. The molecule has 0 aliphatic carbocycles. The van der Waals surface area contributed by atoms with E-state index in [2.05, 4.69) is 10.3 Å². The molecule has 0 fully saturated rings. The lowest BCUT2D eigenvalue weighted by Crippen LogP contribution is -2.42. The van der Waals surface area contributed by atoms with Crippen molar-refractivity contribution < 1.29 is 19.1 Å². The minimum atomic E-state index is -0.822. The van der Waals surface area contributed by atoms with Gasteiger partial charge in [0, 0.05) is 5.39 Å². The topological polar surface area (TPSA) is 77.5 Å². The molecule has 1 aromatic heterocycles. The van der Waals surface area contributed by atoms with Crippen molar-refractivity contribution >= 4 is 23.0 Å². The van der Waals surface area contributed by atoms with Crippen LogP contribution in [-0.2, 0) is 20.9 Å². The van der Waals surface area contributed by atoms with Gasteiger partial charge >= 0.3 is 12.1 Å². The minimum Gasteiger partial charge on any atom is -0.451 e. The largest absolute Gasteiger partial charge is 0.451 e. The first-order valence-electron chi connectivity index (χ1n) is 12.2. The summed E-state index contributed by atoms with van der Waals surface area (Å²) in [5.41, 5.74) is 3.17. The Morgan fingerprint density at radius 1 is 0.833 bits per heavy atom. The fourth-order valence-electron chi connectivity index (χ4n) is 3.95. The summed E-state index contributed by atoms with van der Waals surface area (Å²) in [7, 11) is 0. The first-order chi connectivity index (χ1) is 17.6. The number of aromatic nitrogens is 1. The summed E-state index contributed by atoms with van der Waals surface area (Å²) >= 11 is 0. The van der Waals surface area contributed by atoms with E-state index in [9.17, 15) is 9.59 Å². The number of benzene rings is 3. The minimum absolute atomic E-state index is 0.00285. The molecule has 184 valence electrons. The molecule has 0 aliphatic rings. The van der Waals surface area contributed by atoms with Gasteiger partial charge in [-0.25, -0.2) is 14.6 Å². The number of nitrogens with zero attached hydrogens (tertiary/aromatic N) is 1. The predicted molar refractivity (Wildman–Crippen MR) is 139 cm³/mol. The zero-order valence-corrected chi connectivity index (χ0v) is 20.3. The van der Waals surface area contributed by atoms with Gasteiger partial charge in [-0.15, -0.1) is 0 Å². The van der Waals surface area contributed by atoms with Gasteiger partial charge in [0.25, 0.3) is 0 Å². The quantitative estimate of drug-likeness (QED) is 0.266. The molecule has 6 heteroatoms. The van der Waals surface area contributed by atoms with Crippen LogP contribution in [0.4, 0.5) is 4.79 Å². The van der Waals surface area contributed by atoms with Crippen LogP contribution in [0.5, 0.6) is 0 Å². The Morgan fingerprint density at radius 3 is 2.14 bits per heavy atom. The highest BCUT2D eigenvalue weighted by Crippen LogP contribution is 2.26. The maximum absolute atomic E-state index is 13.3. The molecule has 0 unspecified atom stereocenters. The van der Waals surface area contributed by atoms with Crippen molar-refractivity contribution in [1.82, 2.24) is 10.3 Å². The standard InChI is InChI=1S/C30H30N2O4/c1-2-3-17-27(32-30(34)35-21-25-20-19-22-12-10-11-18-26(22)31-25)29(33)36-28(23-13-6-4-7-14-23)24-15-8-5-9-16-24/h4-16,18-20,27-28H,2-3,17,21H2,1H3,(H,32,34)/t27-/m0/s1. The van der Waals surface area contributed by atoms with Gasteiger partial charge in [-0.05, 0) is 29.7 Å². The highest BCUT2D eigenvalue weighted by Gasteiger charge is 2.27. The van der Waals surface area contributed by atoms with Crippen LogP contribution in [0, 0.1) is 0 Å². The Labute approximate surface area is 211 Å². The molecule has 4 rings (SSSR count). The molecule has 0 aliphatic heterocycles. The number of para-hydroxylation sites is 1. The van der Waals surface area contributed by atoms with E-state index in [0.717, 1.165) is 34.9 Å². The van der Waals surface area contributed by atoms with Crippen LogP contribution in [0.25, 0.3) is 10.9 Å². The Balaban J connectivity index is 1.43. The number of pyridine rings is 1. The van der Waals surface area contributed by atoms with E-state index in [1.165, 1.54) is 0 Å². The van der Waals surface area contributed by atoms with E-state index in [0.29, 0.717) is 12.1 Å². The third-order valence-electron chi connectivity index (χ3n) is 5.87. The number of alkyl carbamates (subject to hydrolysis) is 1. The molecular formula is C30H30N2O4. The monoisotopic (exact) mass is 482 g/mol. The third-order valence-corrected chi connectivity index (χ3v) is 5.87. The summed E-state index contributed by atoms with van der Waals surface area (Å²) in [5, 5.41) is 3.72. The van der Waals surface area contributed by atoms with Crippen molar-refractivity contribution in [3.05, 3.63) is 114 Å². The van der Waals surface area contributed by atoms with Crippen molar-refractivity contribution in [2.45, 2.75) is 44.9 Å². The second-order valence-electron chi connectivity index (χ2n) is 8.55. The Kier molecular flexibility index (Phi) is 8.65. The molecule has 6 nitrogen and oxygen atoms in total. The lowest BCUT2D eigenvalue weighted by Gasteiger charge is -2.23. The second-order valence-corrected chi connectivity index (χ2v) is 8.55. The van der Waals surface area contributed by atoms with E-state index >= 15 is 0 Å². The molecule has 36 heavy (non-hydrogen) atoms. The third kappa shape index (κ3) is 6.69. The van der Waals surface area contributed by atoms with Crippen molar-refractivity contribution in [2.75, 3.05) is 0 Å². The van der Waals surface area contributed by atoms with Crippen LogP contribution in [-0.4, -0.2) is 23.1 Å². The highest BCUT2D eigenvalue weighted by molar-refractivity contribution is 5.82. The summed E-state index contributed by atoms with van der Waals surface area (Å²) in [5.74, 6) is -0.498. The van der Waals surface area contributed by atoms with Crippen LogP contribution in [0.1, 0.15) is 49.1 Å². The molecule has 0 saturated carbocycles. The fraction of sp³-hybridized carbons (Fsp3) is 0.233. The van der Waals surface area contributed by atoms with Crippen molar-refractivity contribution in [2.24, 2.45) is 0 Å². The summed E-state index contributed by atoms with van der Waals surface area (Å²) in [6.07, 6.45) is 0.827. The van der Waals surface area contributed by atoms with E-state index in [1.807, 2.05) is 104 Å². The number of unbranched alkanes of at least 4 members (excludes halogenated alkanes) is 1. The van der Waals surface area contributed by atoms with E-state index in [-0.39, 0.29) is 6.61 Å². The maximum atomic E-state index is 13.3. The first kappa shape index (κ1) is 24.9. The number of nitrogens with one attached hydrogen (secondary N) is 1. The van der Waals surface area contributed by atoms with Crippen molar-refractivity contribution in [1.29, 1.82) is 0 Å². The molecule has 1 atom stereocenters. The molecule has 0 spiro atoms. The Bertz CT molecular complexity index is 1240. The van der Waals surface area contributed by atoms with Crippen LogP contribution in [0.2, 0.25) is 0 Å². The molecule has 3 aromatic carbocycles. The fourth-order valence-corrected chi connectivity index (χ4v) is 3.95. The number of fused-ring (bicyclic) bond motifs is 1. The van der Waals surface area contributed by atoms with Gasteiger partial charge in [0.1, 0.15) is 12.6 Å². The first-order valence-corrected chi connectivity index (χ1v) is 12.2. The van der Waals surface area contributed by atoms with Gasteiger partial charge in [-0.2, -0.15) is 0 Å². The molecule has 0 saturated heterocycles. The summed E-state index contributed by atoms with van der Waals surface area (Å²) in [4.78, 5) is 30.4. The Hall–Kier alpha value is -4.19. The smallest absolute Gasteiger partial charge is 0.408 e. The molecule has 1 N–H and O–H groups in total. The molecule has 1 heterocycles. The van der Waals surface area contributed by atoms with Gasteiger partial charge in [-0.3, -0.25) is 0 Å². The number of hydrogen-bond acceptors (Lipinski definition) is 5. The zero-order chi connectivity index (χ0) is 25.2. The number of carbonyl (C=O) groups is 2. The molecule has 4 aromatic rings. The normalized spacial score (nSPS) is 11.7. The van der Waals surface area contributed by atoms with Gasteiger partial charge in [0.15, 0.2) is 6.10 Å². The summed E-state index contributed by atoms with van der Waals surface area (Å²) in [6.45, 7) is 2.03. The summed E-state index contributed by atoms with van der Waals surface area (Å²) in [6, 6.07) is 29.8. The van der Waals surface area contributed by atoms with E-state index < -0.39 is 24.2 Å². The van der Waals surface area contributed by atoms with Gasteiger partial charge in [0.2, 0.25) is 0 Å². The lowest BCUT2D eigenvalue weighted by atomic mass is 10.0. The molecule has 0 radical (unpaired) electrons. The zero-order valence-electron chi connectivity index (χ0n) is 20.3. The van der Waals surface area contributed by atoms with Gasteiger partial charge < -0.3 is 14.8 Å². The van der Waals surface area contributed by atoms with Crippen LogP contribution in [0.15, 0.2) is 97.1 Å². The number of esters is 1. The lowest BCUT2D eigenvalue weighted by molar-refractivity contribution is -0.150. The van der Waals surface area contributed by atoms with Gasteiger partial charge in [-0.1, -0.05) is 105 Å². The van der Waals surface area contributed by atoms with Crippen molar-refractivity contribution in [3.8, 4) is 0 Å². The average molecular weight is 483 g/mol. The second kappa shape index (κ2) is 12.5. The number of carbonyl (C=O) groups excluding carboxylic acids is 2. The Morgan fingerprint density at radius 2 is 1.47 bits per heavy atom. The maximum Gasteiger partial charge on any atom is 0.408 e. The highest BCUT2D eigenvalue weighted by atomic mass is 16.6. The number of ether oxygens (including phenoxy) is 2. The SMILES string of the molecule is CCCC[C@H](NC(=O)OCc1ccc2ccccc2n1)C(=O)OC(c1ccccc1)c1ccccc1. The van der Waals surface area contributed by atoms with Gasteiger partial charge in [0.05, 0.1) is 11.2 Å². The number of amides is 1. The van der Waals surface area contributed by atoms with Crippen molar-refractivity contribution in [3.63, 3.8) is 0 Å². The van der Waals surface area contributed by atoms with E-state index in [1.54, 1.807) is 0 Å². The summed E-state index contributed by atoms with van der Waals surface area (Å²) < 4.78 is 11.4. The number of rotatable bonds is 10. The average Bonchev–Trinajstić information content (AvgIpc) is 2.93. The van der Waals surface area contributed by atoms with Crippen LogP contribution < -0.4 is 5.32 Å².